The first kappa shape index (κ1) is 17.6. The molecular formula is C16H14BrN3O4S. The molecule has 25 heavy (non-hydrogen) atoms. The Labute approximate surface area is 152 Å². The monoisotopic (exact) mass is 423 g/mol. The van der Waals surface area contributed by atoms with Gasteiger partial charge in [-0.3, -0.25) is 13.9 Å². The maximum Gasteiger partial charge on any atom is 0.331 e. The van der Waals surface area contributed by atoms with Crippen LogP contribution in [-0.2, 0) is 16.4 Å². The molecule has 130 valence electrons. The lowest BCUT2D eigenvalue weighted by molar-refractivity contribution is 0.560. The summed E-state index contributed by atoms with van der Waals surface area (Å²) in [6.45, 7) is -0.293. The van der Waals surface area contributed by atoms with Gasteiger partial charge >= 0.3 is 5.69 Å². The van der Waals surface area contributed by atoms with E-state index >= 15 is 0 Å². The molecule has 0 bridgehead atoms. The van der Waals surface area contributed by atoms with E-state index < -0.39 is 26.8 Å². The Bertz CT molecular complexity index is 1070. The standard InChI is InChI=1S/C16H14BrN3O4S/c17-12-1-5-14(6-2-12)25(23,24)8-7-19-15(21)11(9-18)10-20(16(19)22)13-3-4-13/h1-2,5-6,10,13H,3-4,7-8H2. The molecule has 0 saturated heterocycles. The number of nitrogens with zero attached hydrogens (tertiary/aromatic N) is 3. The van der Waals surface area contributed by atoms with Crippen molar-refractivity contribution in [2.45, 2.75) is 30.3 Å². The molecule has 1 aromatic heterocycles. The molecule has 3 rings (SSSR count). The van der Waals surface area contributed by atoms with Crippen molar-refractivity contribution < 1.29 is 8.42 Å². The van der Waals surface area contributed by atoms with E-state index in [0.717, 1.165) is 21.9 Å². The van der Waals surface area contributed by atoms with Crippen LogP contribution in [0.4, 0.5) is 0 Å². The summed E-state index contributed by atoms with van der Waals surface area (Å²) in [4.78, 5) is 24.8. The van der Waals surface area contributed by atoms with Crippen molar-refractivity contribution >= 4 is 25.8 Å². The highest BCUT2D eigenvalue weighted by atomic mass is 79.9. The lowest BCUT2D eigenvalue weighted by Crippen LogP contribution is -2.42. The van der Waals surface area contributed by atoms with Crippen molar-refractivity contribution in [3.8, 4) is 6.07 Å². The average Bonchev–Trinajstić information content (AvgIpc) is 3.40. The van der Waals surface area contributed by atoms with Crippen molar-refractivity contribution in [3.63, 3.8) is 0 Å². The first-order chi connectivity index (χ1) is 11.8. The van der Waals surface area contributed by atoms with Gasteiger partial charge < -0.3 is 0 Å². The molecule has 0 unspecified atom stereocenters. The van der Waals surface area contributed by atoms with Gasteiger partial charge in [0, 0.05) is 23.3 Å². The van der Waals surface area contributed by atoms with Crippen LogP contribution in [-0.4, -0.2) is 23.3 Å². The molecule has 1 aliphatic rings. The average molecular weight is 424 g/mol. The van der Waals surface area contributed by atoms with E-state index in [1.807, 2.05) is 0 Å². The summed E-state index contributed by atoms with van der Waals surface area (Å²) in [5.41, 5.74) is -1.49. The van der Waals surface area contributed by atoms with Gasteiger partial charge in [-0.15, -0.1) is 0 Å². The van der Waals surface area contributed by atoms with Crippen LogP contribution in [0.25, 0.3) is 0 Å². The zero-order valence-electron chi connectivity index (χ0n) is 13.1. The Morgan fingerprint density at radius 1 is 1.20 bits per heavy atom. The molecule has 9 heteroatoms. The second-order valence-corrected chi connectivity index (χ2v) is 8.83. The Hall–Kier alpha value is -2.18. The number of benzene rings is 1. The SMILES string of the molecule is N#Cc1cn(C2CC2)c(=O)n(CCS(=O)(=O)c2ccc(Br)cc2)c1=O. The molecule has 0 spiro atoms. The first-order valence-electron chi connectivity index (χ1n) is 7.58. The lowest BCUT2D eigenvalue weighted by atomic mass is 10.3. The number of aromatic nitrogens is 2. The van der Waals surface area contributed by atoms with E-state index in [4.69, 9.17) is 5.26 Å². The molecule has 0 radical (unpaired) electrons. The summed E-state index contributed by atoms with van der Waals surface area (Å²) in [7, 11) is -3.66. The van der Waals surface area contributed by atoms with E-state index in [1.165, 1.54) is 22.9 Å². The Kier molecular flexibility index (Phi) is 4.67. The highest BCUT2D eigenvalue weighted by molar-refractivity contribution is 9.10. The van der Waals surface area contributed by atoms with Gasteiger partial charge in [-0.1, -0.05) is 15.9 Å². The molecule has 0 atom stereocenters. The number of nitriles is 1. The zero-order valence-corrected chi connectivity index (χ0v) is 15.5. The van der Waals surface area contributed by atoms with Crippen molar-refractivity contribution in [1.82, 2.24) is 9.13 Å². The molecular weight excluding hydrogens is 410 g/mol. The van der Waals surface area contributed by atoms with Gasteiger partial charge in [-0.05, 0) is 37.1 Å². The minimum atomic E-state index is -3.66. The maximum absolute atomic E-state index is 12.5. The minimum Gasteiger partial charge on any atom is -0.296 e. The third-order valence-electron chi connectivity index (χ3n) is 4.01. The number of hydrogen-bond donors (Lipinski definition) is 0. The van der Waals surface area contributed by atoms with Crippen LogP contribution in [0.2, 0.25) is 0 Å². The summed E-state index contributed by atoms with van der Waals surface area (Å²) in [5.74, 6) is -0.399. The number of hydrogen-bond acceptors (Lipinski definition) is 5. The quantitative estimate of drug-likeness (QED) is 0.723. The highest BCUT2D eigenvalue weighted by Crippen LogP contribution is 2.33. The van der Waals surface area contributed by atoms with Gasteiger partial charge in [-0.2, -0.15) is 5.26 Å². The van der Waals surface area contributed by atoms with Crippen LogP contribution < -0.4 is 11.2 Å². The number of halogens is 1. The fourth-order valence-electron chi connectivity index (χ4n) is 2.48. The van der Waals surface area contributed by atoms with E-state index in [1.54, 1.807) is 18.2 Å². The largest absolute Gasteiger partial charge is 0.331 e. The summed E-state index contributed by atoms with van der Waals surface area (Å²) in [6, 6.07) is 7.88. The molecule has 7 nitrogen and oxygen atoms in total. The van der Waals surface area contributed by atoms with Crippen LogP contribution in [0.15, 0.2) is 49.4 Å². The smallest absolute Gasteiger partial charge is 0.296 e. The second-order valence-electron chi connectivity index (χ2n) is 5.81. The summed E-state index contributed by atoms with van der Waals surface area (Å²) < 4.78 is 27.8. The van der Waals surface area contributed by atoms with E-state index in [9.17, 15) is 18.0 Å². The topological polar surface area (TPSA) is 102 Å². The molecule has 1 heterocycles. The van der Waals surface area contributed by atoms with Crippen LogP contribution in [0.5, 0.6) is 0 Å². The van der Waals surface area contributed by atoms with E-state index in [-0.39, 0.29) is 23.0 Å². The summed E-state index contributed by atoms with van der Waals surface area (Å²) >= 11 is 3.24. The third-order valence-corrected chi connectivity index (χ3v) is 6.25. The van der Waals surface area contributed by atoms with Gasteiger partial charge in [0.2, 0.25) is 0 Å². The van der Waals surface area contributed by atoms with Crippen LogP contribution >= 0.6 is 15.9 Å². The molecule has 1 saturated carbocycles. The fraction of sp³-hybridized carbons (Fsp3) is 0.312. The number of sulfone groups is 1. The molecule has 0 amide bonds. The Morgan fingerprint density at radius 3 is 2.40 bits per heavy atom. The van der Waals surface area contributed by atoms with Crippen LogP contribution in [0.3, 0.4) is 0 Å². The molecule has 1 aromatic carbocycles. The van der Waals surface area contributed by atoms with E-state index in [0.29, 0.717) is 0 Å². The van der Waals surface area contributed by atoms with Crippen molar-refractivity contribution in [3.05, 3.63) is 61.3 Å². The molecule has 0 N–H and O–H groups in total. The van der Waals surface area contributed by atoms with Crippen LogP contribution in [0.1, 0.15) is 24.4 Å². The molecule has 1 aliphatic carbocycles. The summed E-state index contributed by atoms with van der Waals surface area (Å²) in [6.07, 6.45) is 2.88. The predicted molar refractivity (Wildman–Crippen MR) is 94.1 cm³/mol. The van der Waals surface area contributed by atoms with Crippen LogP contribution in [0, 0.1) is 11.3 Å². The zero-order chi connectivity index (χ0) is 18.2. The molecule has 0 aliphatic heterocycles. The number of rotatable bonds is 5. The molecule has 1 fully saturated rings. The third kappa shape index (κ3) is 3.60. The van der Waals surface area contributed by atoms with Gasteiger partial charge in [0.05, 0.1) is 10.6 Å². The van der Waals surface area contributed by atoms with Crippen molar-refractivity contribution in [1.29, 1.82) is 5.26 Å². The molecule has 2 aromatic rings. The van der Waals surface area contributed by atoms with Crippen molar-refractivity contribution in [2.75, 3.05) is 5.75 Å². The Morgan fingerprint density at radius 2 is 1.84 bits per heavy atom. The maximum atomic E-state index is 12.5. The van der Waals surface area contributed by atoms with Gasteiger partial charge in [-0.25, -0.2) is 13.2 Å². The van der Waals surface area contributed by atoms with E-state index in [2.05, 4.69) is 15.9 Å². The van der Waals surface area contributed by atoms with Gasteiger partial charge in [0.1, 0.15) is 11.6 Å². The minimum absolute atomic E-state index is 0.0190. The lowest BCUT2D eigenvalue weighted by Gasteiger charge is -2.10. The first-order valence-corrected chi connectivity index (χ1v) is 10.0. The van der Waals surface area contributed by atoms with Crippen molar-refractivity contribution in [2.24, 2.45) is 0 Å². The highest BCUT2D eigenvalue weighted by Gasteiger charge is 2.27. The predicted octanol–water partition coefficient (Wildman–Crippen LogP) is 1.45. The summed E-state index contributed by atoms with van der Waals surface area (Å²) in [5, 5.41) is 9.09. The Balaban J connectivity index is 1.94. The normalized spacial score (nSPS) is 14.2. The van der Waals surface area contributed by atoms with Gasteiger partial charge in [0.25, 0.3) is 5.56 Å². The second kappa shape index (κ2) is 6.61. The fourth-order valence-corrected chi connectivity index (χ4v) is 3.95. The van der Waals surface area contributed by atoms with Gasteiger partial charge in [0.15, 0.2) is 9.84 Å².